The molecule has 17 nitrogen and oxygen atoms in total. The highest BCUT2D eigenvalue weighted by Crippen LogP contribution is 2.45. The predicted octanol–water partition coefficient (Wildman–Crippen LogP) is 21.7. The minimum atomic E-state index is -5.00. The number of allylic oxidation sites excluding steroid dienone is 26. The van der Waals surface area contributed by atoms with Crippen LogP contribution in [0.3, 0.4) is 0 Å². The Morgan fingerprint density at radius 1 is 0.290 bits per heavy atom. The molecule has 0 amide bonds. The van der Waals surface area contributed by atoms with E-state index in [2.05, 4.69) is 174 Å². The van der Waals surface area contributed by atoms with Crippen LogP contribution < -0.4 is 0 Å². The van der Waals surface area contributed by atoms with Crippen molar-refractivity contribution in [3.63, 3.8) is 0 Å². The summed E-state index contributed by atoms with van der Waals surface area (Å²) in [6.07, 6.45) is 82.5. The van der Waals surface area contributed by atoms with Crippen molar-refractivity contribution in [2.24, 2.45) is 0 Å². The number of hydrogen-bond donors (Lipinski definition) is 3. The van der Waals surface area contributed by atoms with E-state index in [0.717, 1.165) is 173 Å². The zero-order chi connectivity index (χ0) is 73.2. The van der Waals surface area contributed by atoms with Gasteiger partial charge in [-0.1, -0.05) is 250 Å². The first kappa shape index (κ1) is 94.7. The lowest BCUT2D eigenvalue weighted by molar-refractivity contribution is -0.161. The van der Waals surface area contributed by atoms with E-state index < -0.39 is 97.5 Å². The molecule has 0 saturated carbocycles. The van der Waals surface area contributed by atoms with Crippen molar-refractivity contribution in [3.05, 3.63) is 158 Å². The van der Waals surface area contributed by atoms with Crippen LogP contribution in [0.4, 0.5) is 0 Å². The number of carbonyl (C=O) groups excluding carboxylic acids is 4. The van der Waals surface area contributed by atoms with Crippen LogP contribution in [0.1, 0.15) is 272 Å². The van der Waals surface area contributed by atoms with Crippen LogP contribution in [0.25, 0.3) is 0 Å². The highest BCUT2D eigenvalue weighted by atomic mass is 31.2. The summed E-state index contributed by atoms with van der Waals surface area (Å²) in [5.74, 6) is -2.32. The smallest absolute Gasteiger partial charge is 0.462 e. The molecule has 19 heteroatoms. The number of carbonyl (C=O) groups is 4. The number of phosphoric ester groups is 2. The van der Waals surface area contributed by atoms with E-state index in [9.17, 15) is 43.2 Å². The highest BCUT2D eigenvalue weighted by molar-refractivity contribution is 7.47. The maximum absolute atomic E-state index is 13.1. The van der Waals surface area contributed by atoms with Gasteiger partial charge in [-0.05, 0) is 154 Å². The molecule has 0 aliphatic rings. The van der Waals surface area contributed by atoms with Crippen LogP contribution in [0.15, 0.2) is 158 Å². The molecule has 0 rings (SSSR count). The largest absolute Gasteiger partial charge is 0.472 e. The Morgan fingerprint density at radius 2 is 0.530 bits per heavy atom. The molecule has 0 aliphatic carbocycles. The maximum Gasteiger partial charge on any atom is 0.472 e. The first-order valence-corrected chi connectivity index (χ1v) is 40.7. The fourth-order valence-electron chi connectivity index (χ4n) is 9.30. The van der Waals surface area contributed by atoms with E-state index in [1.54, 1.807) is 0 Å². The Hall–Kier alpha value is -5.32. The molecular weight excluding hydrogens is 1310 g/mol. The average Bonchev–Trinajstić information content (AvgIpc) is 1.00. The first-order chi connectivity index (χ1) is 48.7. The normalized spacial score (nSPS) is 14.8. The van der Waals surface area contributed by atoms with E-state index in [0.29, 0.717) is 32.1 Å². The van der Waals surface area contributed by atoms with Gasteiger partial charge in [-0.25, -0.2) is 9.13 Å². The Bertz CT molecular complexity index is 2520. The summed E-state index contributed by atoms with van der Waals surface area (Å²) in [5.41, 5.74) is 0. The van der Waals surface area contributed by atoms with Gasteiger partial charge >= 0.3 is 39.5 Å². The van der Waals surface area contributed by atoms with Crippen molar-refractivity contribution in [3.8, 4) is 0 Å². The predicted molar refractivity (Wildman–Crippen MR) is 408 cm³/mol. The Morgan fingerprint density at radius 3 is 0.870 bits per heavy atom. The van der Waals surface area contributed by atoms with E-state index in [1.807, 2.05) is 12.2 Å². The number of esters is 4. The molecule has 568 valence electrons. The van der Waals surface area contributed by atoms with Crippen molar-refractivity contribution < 1.29 is 80.2 Å². The first-order valence-electron chi connectivity index (χ1n) is 37.7. The molecular formula is C81H132O17P2. The van der Waals surface area contributed by atoms with Gasteiger partial charge in [0, 0.05) is 25.7 Å². The molecule has 0 aromatic heterocycles. The van der Waals surface area contributed by atoms with E-state index in [-0.39, 0.29) is 25.7 Å². The summed E-state index contributed by atoms with van der Waals surface area (Å²) < 4.78 is 68.3. The van der Waals surface area contributed by atoms with Crippen molar-refractivity contribution in [1.29, 1.82) is 0 Å². The standard InChI is InChI=1S/C81H132O17P2/c1-5-9-13-17-21-25-29-32-35-37-40-43-47-50-54-58-62-66-79(84)92-72-77(98-81(86)68-64-60-56-52-48-44-41-38-36-33-30-26-22-18-14-10-6-2)74-96-100(89,90)94-70-75(82)69-93-99(87,88)95-73-76(97-80(85)67-63-59-55-51-45-28-24-20-16-12-8-4)71-91-78(83)65-61-57-53-49-46-42-39-34-31-27-23-19-15-11-7-3/h9-11,13-15,20-27,32-36,39-40,43,46,49-50,54,75-77,82H,5-8,12,16-19,28-31,37-38,41-42,44-45,47-48,51-53,55-74H2,1-4H3,(H,87,88)(H,89,90)/b13-9-,14-10-,15-11-,24-20-,25-21-,26-22-,27-23-,35-32-,36-33-,39-34-,43-40-,49-46-,54-50-. The van der Waals surface area contributed by atoms with Crippen LogP contribution in [0, 0.1) is 0 Å². The number of ether oxygens (including phenoxy) is 4. The van der Waals surface area contributed by atoms with Crippen molar-refractivity contribution in [2.75, 3.05) is 39.6 Å². The monoisotopic (exact) mass is 1440 g/mol. The Kier molecular flexibility index (Phi) is 68.2. The van der Waals surface area contributed by atoms with Crippen LogP contribution in [0.2, 0.25) is 0 Å². The van der Waals surface area contributed by atoms with E-state index in [4.69, 9.17) is 37.0 Å². The number of rotatable bonds is 69. The summed E-state index contributed by atoms with van der Waals surface area (Å²) in [5, 5.41) is 10.6. The fraction of sp³-hybridized carbons (Fsp3) is 0.630. The summed E-state index contributed by atoms with van der Waals surface area (Å²) in [6.45, 7) is 4.33. The van der Waals surface area contributed by atoms with E-state index in [1.165, 1.54) is 12.8 Å². The molecule has 0 aromatic rings. The second kappa shape index (κ2) is 72.0. The number of phosphoric acid groups is 2. The molecule has 0 saturated heterocycles. The van der Waals surface area contributed by atoms with Gasteiger partial charge in [-0.3, -0.25) is 37.3 Å². The van der Waals surface area contributed by atoms with Crippen LogP contribution in [-0.4, -0.2) is 96.7 Å². The molecule has 0 aromatic carbocycles. The molecule has 0 radical (unpaired) electrons. The molecule has 5 unspecified atom stereocenters. The van der Waals surface area contributed by atoms with Crippen molar-refractivity contribution >= 4 is 39.5 Å². The SMILES string of the molecule is CC/C=C\C/C=C\C/C=C\C/C=C\C/C=C\CCCC(=O)OCC(COP(=O)(O)OCC(O)COP(=O)(O)OCC(COC(=O)CCCC/C=C\C/C=C\C/C=C\C/C=C\CC)OC(=O)CCCCCCC/C=C\CCCC)OC(=O)CCCCCCCCC/C=C\C/C=C\C/C=C\CC. The third-order valence-corrected chi connectivity index (χ3v) is 16.9. The minimum Gasteiger partial charge on any atom is -0.462 e. The molecule has 0 bridgehead atoms. The Labute approximate surface area is 604 Å². The number of aliphatic hydroxyl groups excluding tert-OH is 1. The zero-order valence-corrected chi connectivity index (χ0v) is 63.6. The van der Waals surface area contributed by atoms with Crippen LogP contribution >= 0.6 is 15.6 Å². The van der Waals surface area contributed by atoms with Crippen molar-refractivity contribution in [1.82, 2.24) is 0 Å². The lowest BCUT2D eigenvalue weighted by Gasteiger charge is -2.21. The van der Waals surface area contributed by atoms with Crippen LogP contribution in [0.5, 0.6) is 0 Å². The quantitative estimate of drug-likeness (QED) is 0.0169. The second-order valence-electron chi connectivity index (χ2n) is 24.4. The molecule has 0 fully saturated rings. The number of aliphatic hydroxyl groups is 1. The number of unbranched alkanes of at least 4 members (excludes halogenated alkanes) is 17. The lowest BCUT2D eigenvalue weighted by Crippen LogP contribution is -2.30. The van der Waals surface area contributed by atoms with Gasteiger partial charge in [-0.2, -0.15) is 0 Å². The van der Waals surface area contributed by atoms with E-state index >= 15 is 0 Å². The topological polar surface area (TPSA) is 237 Å². The highest BCUT2D eigenvalue weighted by Gasteiger charge is 2.30. The number of hydrogen-bond acceptors (Lipinski definition) is 15. The summed E-state index contributed by atoms with van der Waals surface area (Å²) in [4.78, 5) is 72.8. The van der Waals surface area contributed by atoms with Gasteiger partial charge < -0.3 is 33.8 Å². The third kappa shape index (κ3) is 71.1. The molecule has 3 N–H and O–H groups in total. The zero-order valence-electron chi connectivity index (χ0n) is 61.8. The summed E-state index contributed by atoms with van der Waals surface area (Å²) >= 11 is 0. The molecule has 5 atom stereocenters. The minimum absolute atomic E-state index is 0.0651. The van der Waals surface area contributed by atoms with Gasteiger partial charge in [0.05, 0.1) is 26.4 Å². The van der Waals surface area contributed by atoms with Gasteiger partial charge in [0.1, 0.15) is 19.3 Å². The summed E-state index contributed by atoms with van der Waals surface area (Å²) in [6, 6.07) is 0. The van der Waals surface area contributed by atoms with Gasteiger partial charge in [0.15, 0.2) is 12.2 Å². The Balaban J connectivity index is 5.44. The molecule has 0 spiro atoms. The maximum atomic E-state index is 13.1. The van der Waals surface area contributed by atoms with Crippen LogP contribution in [-0.2, 0) is 65.4 Å². The molecule has 100 heavy (non-hydrogen) atoms. The molecule has 0 heterocycles. The lowest BCUT2D eigenvalue weighted by atomic mass is 10.1. The van der Waals surface area contributed by atoms with Crippen molar-refractivity contribution in [2.45, 2.75) is 290 Å². The second-order valence-corrected chi connectivity index (χ2v) is 27.3. The summed E-state index contributed by atoms with van der Waals surface area (Å²) in [7, 11) is -9.99. The fourth-order valence-corrected chi connectivity index (χ4v) is 10.9. The molecule has 0 aliphatic heterocycles. The third-order valence-electron chi connectivity index (χ3n) is 15.0. The average molecular weight is 1440 g/mol. The van der Waals surface area contributed by atoms with Gasteiger partial charge in [-0.15, -0.1) is 0 Å². The van der Waals surface area contributed by atoms with Gasteiger partial charge in [0.25, 0.3) is 0 Å². The van der Waals surface area contributed by atoms with Gasteiger partial charge in [0.2, 0.25) is 0 Å².